The van der Waals surface area contributed by atoms with Crippen LogP contribution in [0.2, 0.25) is 0 Å². The number of rotatable bonds is 11. The first-order chi connectivity index (χ1) is 20.3. The summed E-state index contributed by atoms with van der Waals surface area (Å²) >= 11 is 0. The van der Waals surface area contributed by atoms with E-state index in [2.05, 4.69) is 86.7 Å². The number of benzene rings is 3. The van der Waals surface area contributed by atoms with E-state index < -0.39 is 6.09 Å². The summed E-state index contributed by atoms with van der Waals surface area (Å²) in [4.78, 5) is 25.0. The van der Waals surface area contributed by atoms with Gasteiger partial charge >= 0.3 is 12.1 Å². The number of ether oxygens (including phenoxy) is 2. The van der Waals surface area contributed by atoms with Crippen molar-refractivity contribution in [3.63, 3.8) is 0 Å². The molecule has 0 atom stereocenters. The maximum Gasteiger partial charge on any atom is 0.412 e. The molecule has 0 aliphatic rings. The van der Waals surface area contributed by atoms with E-state index in [9.17, 15) is 9.59 Å². The average molecular weight is 600 g/mol. The van der Waals surface area contributed by atoms with E-state index in [1.54, 1.807) is 0 Å². The van der Waals surface area contributed by atoms with Crippen LogP contribution in [0.5, 0.6) is 11.5 Å². The second kappa shape index (κ2) is 14.0. The Morgan fingerprint density at radius 1 is 0.614 bits per heavy atom. The monoisotopic (exact) mass is 599 g/mol. The fourth-order valence-corrected chi connectivity index (χ4v) is 6.45. The zero-order valence-corrected chi connectivity index (χ0v) is 28.6. The summed E-state index contributed by atoms with van der Waals surface area (Å²) in [6.45, 7) is 22.8. The molecule has 0 aliphatic carbocycles. The van der Waals surface area contributed by atoms with Crippen LogP contribution in [0.3, 0.4) is 0 Å². The van der Waals surface area contributed by atoms with Gasteiger partial charge in [-0.15, -0.1) is 0 Å². The molecule has 0 bridgehead atoms. The molecule has 0 spiro atoms. The highest BCUT2D eigenvalue weighted by Crippen LogP contribution is 2.37. The number of carbonyl (C=O) groups excluding carboxylic acids is 2. The minimum Gasteiger partial charge on any atom is -0.427 e. The van der Waals surface area contributed by atoms with E-state index in [0.29, 0.717) is 24.5 Å². The maximum atomic E-state index is 12.6. The Kier molecular flexibility index (Phi) is 11.1. The first kappa shape index (κ1) is 34.9. The molecule has 5 nitrogen and oxygen atoms in total. The van der Waals surface area contributed by atoms with Crippen LogP contribution in [-0.2, 0) is 28.6 Å². The summed E-state index contributed by atoms with van der Waals surface area (Å²) < 4.78 is 11.1. The number of aryl methyl sites for hydroxylation is 1. The predicted octanol–water partition coefficient (Wildman–Crippen LogP) is 9.94. The smallest absolute Gasteiger partial charge is 0.412 e. The topological polar surface area (TPSA) is 64.6 Å². The van der Waals surface area contributed by atoms with E-state index in [-0.39, 0.29) is 34.1 Å². The van der Waals surface area contributed by atoms with Crippen molar-refractivity contribution in [2.75, 3.05) is 0 Å². The molecule has 0 heterocycles. The van der Waals surface area contributed by atoms with Crippen molar-refractivity contribution in [3.8, 4) is 11.5 Å². The minimum absolute atomic E-state index is 0.0234. The highest BCUT2D eigenvalue weighted by Gasteiger charge is 2.28. The number of hydrogen-bond donors (Lipinski definition) is 1. The van der Waals surface area contributed by atoms with E-state index in [4.69, 9.17) is 9.47 Å². The van der Waals surface area contributed by atoms with Gasteiger partial charge in [-0.3, -0.25) is 4.79 Å². The minimum atomic E-state index is -0.506. The molecule has 1 N–H and O–H groups in total. The van der Waals surface area contributed by atoms with Gasteiger partial charge in [0.25, 0.3) is 0 Å². The second-order valence-corrected chi connectivity index (χ2v) is 15.8. The zero-order valence-electron chi connectivity index (χ0n) is 28.6. The summed E-state index contributed by atoms with van der Waals surface area (Å²) in [5, 5.41) is 2.82. The summed E-state index contributed by atoms with van der Waals surface area (Å²) in [6.07, 6.45) is 2.41. The lowest BCUT2D eigenvalue weighted by Gasteiger charge is -2.33. The number of nitrogens with one attached hydrogen (secondary N) is 1. The number of carbonyl (C=O) groups is 2. The van der Waals surface area contributed by atoms with Crippen LogP contribution in [0.25, 0.3) is 0 Å². The zero-order chi connectivity index (χ0) is 32.8. The molecule has 5 heteroatoms. The van der Waals surface area contributed by atoms with Gasteiger partial charge in [-0.25, -0.2) is 4.79 Å². The molecule has 1 amide bonds. The Morgan fingerprint density at radius 2 is 1.07 bits per heavy atom. The molecule has 0 aromatic heterocycles. The lowest BCUT2D eigenvalue weighted by Crippen LogP contribution is -2.26. The summed E-state index contributed by atoms with van der Waals surface area (Å²) in [5.74, 6) is 0.796. The van der Waals surface area contributed by atoms with Gasteiger partial charge in [0.1, 0.15) is 11.5 Å². The van der Waals surface area contributed by atoms with Crippen molar-refractivity contribution in [2.45, 2.75) is 112 Å². The average Bonchev–Trinajstić information content (AvgIpc) is 2.89. The molecule has 0 radical (unpaired) electrons. The molecule has 0 fully saturated rings. The van der Waals surface area contributed by atoms with Gasteiger partial charge in [0.2, 0.25) is 0 Å². The Bertz CT molecular complexity index is 1280. The largest absolute Gasteiger partial charge is 0.427 e. The van der Waals surface area contributed by atoms with Gasteiger partial charge in [0.05, 0.1) is 0 Å². The Balaban J connectivity index is 1.46. The van der Waals surface area contributed by atoms with E-state index >= 15 is 0 Å². The third-order valence-corrected chi connectivity index (χ3v) is 7.70. The van der Waals surface area contributed by atoms with Gasteiger partial charge in [-0.05, 0) is 87.4 Å². The molecule has 44 heavy (non-hydrogen) atoms. The van der Waals surface area contributed by atoms with Crippen LogP contribution in [-0.4, -0.2) is 12.1 Å². The number of hydrogen-bond acceptors (Lipinski definition) is 4. The fraction of sp³-hybridized carbons (Fsp3) is 0.487. The second-order valence-electron chi connectivity index (χ2n) is 15.8. The molecular weight excluding hydrogens is 546 g/mol. The Labute approximate surface area is 265 Å². The van der Waals surface area contributed by atoms with Crippen LogP contribution in [0, 0.1) is 10.8 Å². The SMILES string of the molecule is CC(C)(C)CC(C)(C)c1ccc(OC(=O)CCc2cccc(CNC(=O)Oc3ccc(C(C)(C)CC(C)(C)C)cc3)c2)cc1. The standard InChI is InChI=1S/C39H53NO4/c1-36(2,3)26-38(7,8)30-15-19-32(20-16-30)43-34(41)23-14-28-12-11-13-29(24-28)25-40-35(42)44-33-21-17-31(18-22-33)39(9,10)27-37(4,5)6/h11-13,15-22,24H,14,23,25-27H2,1-10H3,(H,40,42). The molecule has 3 aromatic carbocycles. The number of esters is 1. The van der Waals surface area contributed by atoms with Gasteiger partial charge < -0.3 is 14.8 Å². The highest BCUT2D eigenvalue weighted by atomic mass is 16.6. The van der Waals surface area contributed by atoms with Crippen LogP contribution in [0.4, 0.5) is 4.79 Å². The van der Waals surface area contributed by atoms with Gasteiger partial charge in [-0.1, -0.05) is 118 Å². The van der Waals surface area contributed by atoms with Crippen molar-refractivity contribution in [3.05, 3.63) is 95.1 Å². The fourth-order valence-electron chi connectivity index (χ4n) is 6.45. The molecule has 0 unspecified atom stereocenters. The maximum absolute atomic E-state index is 12.6. The first-order valence-electron chi connectivity index (χ1n) is 15.8. The lowest BCUT2D eigenvalue weighted by atomic mass is 9.72. The highest BCUT2D eigenvalue weighted by molar-refractivity contribution is 5.72. The van der Waals surface area contributed by atoms with E-state index in [0.717, 1.165) is 24.0 Å². The molecular formula is C39H53NO4. The summed E-state index contributed by atoms with van der Waals surface area (Å²) in [7, 11) is 0. The van der Waals surface area contributed by atoms with Crippen LogP contribution in [0.1, 0.15) is 111 Å². The van der Waals surface area contributed by atoms with Crippen LogP contribution >= 0.6 is 0 Å². The lowest BCUT2D eigenvalue weighted by molar-refractivity contribution is -0.134. The van der Waals surface area contributed by atoms with Gasteiger partial charge in [0, 0.05) is 13.0 Å². The molecule has 0 saturated carbocycles. The van der Waals surface area contributed by atoms with Crippen molar-refractivity contribution < 1.29 is 19.1 Å². The third-order valence-electron chi connectivity index (χ3n) is 7.70. The Morgan fingerprint density at radius 3 is 1.55 bits per heavy atom. The molecule has 0 saturated heterocycles. The molecule has 0 aliphatic heterocycles. The summed E-state index contributed by atoms with van der Waals surface area (Å²) in [5.41, 5.74) is 4.88. The normalized spacial score (nSPS) is 12.5. The van der Waals surface area contributed by atoms with Crippen LogP contribution < -0.4 is 14.8 Å². The predicted molar refractivity (Wildman–Crippen MR) is 180 cm³/mol. The van der Waals surface area contributed by atoms with Gasteiger partial charge in [0.15, 0.2) is 0 Å². The van der Waals surface area contributed by atoms with Crippen molar-refractivity contribution >= 4 is 12.1 Å². The van der Waals surface area contributed by atoms with E-state index in [1.165, 1.54) is 11.1 Å². The Hall–Kier alpha value is -3.60. The quantitative estimate of drug-likeness (QED) is 0.176. The van der Waals surface area contributed by atoms with Crippen LogP contribution in [0.15, 0.2) is 72.8 Å². The molecule has 238 valence electrons. The first-order valence-corrected chi connectivity index (χ1v) is 15.8. The van der Waals surface area contributed by atoms with Crippen molar-refractivity contribution in [1.29, 1.82) is 0 Å². The van der Waals surface area contributed by atoms with Gasteiger partial charge in [-0.2, -0.15) is 0 Å². The molecule has 3 aromatic rings. The number of amides is 1. The summed E-state index contributed by atoms with van der Waals surface area (Å²) in [6, 6.07) is 23.5. The van der Waals surface area contributed by atoms with Crippen molar-refractivity contribution in [1.82, 2.24) is 5.32 Å². The van der Waals surface area contributed by atoms with E-state index in [1.807, 2.05) is 60.7 Å². The van der Waals surface area contributed by atoms with Crippen molar-refractivity contribution in [2.24, 2.45) is 10.8 Å². The third kappa shape index (κ3) is 11.5. The molecule has 3 rings (SSSR count).